The minimum absolute atomic E-state index is 0.0104. The van der Waals surface area contributed by atoms with Crippen LogP contribution in [0.3, 0.4) is 0 Å². The van der Waals surface area contributed by atoms with Gasteiger partial charge in [0.2, 0.25) is 0 Å². The molecule has 2 unspecified atom stereocenters. The van der Waals surface area contributed by atoms with Crippen LogP contribution in [-0.4, -0.2) is 20.3 Å². The minimum atomic E-state index is -1.22. The van der Waals surface area contributed by atoms with E-state index in [1.807, 2.05) is 48.5 Å². The zero-order valence-corrected chi connectivity index (χ0v) is 13.8. The Morgan fingerprint density at radius 3 is 2.95 bits per heavy atom. The van der Waals surface area contributed by atoms with Gasteiger partial charge in [0.25, 0.3) is 0 Å². The molecule has 2 atom stereocenters. The lowest BCUT2D eigenvalue weighted by molar-refractivity contribution is 0.158. The van der Waals surface area contributed by atoms with E-state index in [9.17, 15) is 4.21 Å². The summed E-state index contributed by atoms with van der Waals surface area (Å²) in [7, 11) is -1.22. The number of aryl methyl sites for hydroxylation is 1. The molecule has 2 rings (SSSR count). The highest BCUT2D eigenvalue weighted by Gasteiger charge is 2.36. The van der Waals surface area contributed by atoms with Gasteiger partial charge in [-0.1, -0.05) is 42.5 Å². The van der Waals surface area contributed by atoms with Gasteiger partial charge in [0.1, 0.15) is 0 Å². The largest absolute Gasteiger partial charge is 0.317 e. The quantitative estimate of drug-likeness (QED) is 0.624. The van der Waals surface area contributed by atoms with Crippen molar-refractivity contribution in [2.24, 2.45) is 0 Å². The van der Waals surface area contributed by atoms with E-state index >= 15 is 0 Å². The number of fused-ring (bicyclic) bond motifs is 1. The highest BCUT2D eigenvalue weighted by atomic mass is 32.2. The van der Waals surface area contributed by atoms with E-state index in [2.05, 4.69) is 18.1 Å². The number of hydrogen-bond donors (Lipinski definition) is 2. The molecule has 22 heavy (non-hydrogen) atoms. The SMILES string of the molecule is C=C/C=C\C=C(/C)N1C(CCNO)c2cc(C)ccc2S1=O. The normalized spacial score (nSPS) is 21.4. The highest BCUT2D eigenvalue weighted by Crippen LogP contribution is 2.41. The summed E-state index contributed by atoms with van der Waals surface area (Å²) < 4.78 is 14.7. The number of benzene rings is 1. The fourth-order valence-corrected chi connectivity index (χ4v) is 4.20. The molecule has 0 saturated carbocycles. The number of nitrogens with one attached hydrogen (secondary N) is 1. The molecule has 1 aromatic rings. The Morgan fingerprint density at radius 1 is 1.50 bits per heavy atom. The van der Waals surface area contributed by atoms with Crippen molar-refractivity contribution >= 4 is 11.0 Å². The molecular formula is C17H22N2O2S. The topological polar surface area (TPSA) is 52.6 Å². The molecule has 5 heteroatoms. The molecule has 4 nitrogen and oxygen atoms in total. The van der Waals surface area contributed by atoms with Crippen LogP contribution in [0.4, 0.5) is 0 Å². The van der Waals surface area contributed by atoms with E-state index in [1.54, 1.807) is 6.08 Å². The second kappa shape index (κ2) is 7.54. The van der Waals surface area contributed by atoms with Gasteiger partial charge in [0, 0.05) is 12.2 Å². The first-order chi connectivity index (χ1) is 10.6. The van der Waals surface area contributed by atoms with Crippen molar-refractivity contribution in [1.82, 2.24) is 9.79 Å². The molecule has 2 N–H and O–H groups in total. The fraction of sp³-hybridized carbons (Fsp3) is 0.294. The number of allylic oxidation sites excluding steroid dienone is 5. The number of rotatable bonds is 6. The molecule has 0 aliphatic carbocycles. The molecule has 1 heterocycles. The van der Waals surface area contributed by atoms with Crippen molar-refractivity contribution in [1.29, 1.82) is 0 Å². The van der Waals surface area contributed by atoms with Gasteiger partial charge < -0.3 is 5.21 Å². The molecule has 0 radical (unpaired) electrons. The first-order valence-electron chi connectivity index (χ1n) is 7.24. The Kier molecular flexibility index (Phi) is 5.71. The average molecular weight is 318 g/mol. The van der Waals surface area contributed by atoms with Gasteiger partial charge >= 0.3 is 0 Å². The van der Waals surface area contributed by atoms with Crippen LogP contribution in [0.25, 0.3) is 0 Å². The second-order valence-corrected chi connectivity index (χ2v) is 6.59. The molecule has 1 aliphatic rings. The van der Waals surface area contributed by atoms with Crippen LogP contribution in [0.2, 0.25) is 0 Å². The van der Waals surface area contributed by atoms with Crippen LogP contribution in [0.1, 0.15) is 30.5 Å². The molecule has 0 fully saturated rings. The first kappa shape index (κ1) is 16.7. The van der Waals surface area contributed by atoms with Gasteiger partial charge in [-0.2, -0.15) is 0 Å². The maximum Gasteiger partial charge on any atom is 0.153 e. The highest BCUT2D eigenvalue weighted by molar-refractivity contribution is 7.83. The summed E-state index contributed by atoms with van der Waals surface area (Å²) in [5.74, 6) is 0. The van der Waals surface area contributed by atoms with Gasteiger partial charge in [-0.05, 0) is 38.0 Å². The second-order valence-electron chi connectivity index (χ2n) is 5.26. The van der Waals surface area contributed by atoms with Gasteiger partial charge in [0.15, 0.2) is 11.0 Å². The minimum Gasteiger partial charge on any atom is -0.317 e. The Bertz CT molecular complexity index is 638. The Labute approximate surface area is 134 Å². The summed E-state index contributed by atoms with van der Waals surface area (Å²) in [5.41, 5.74) is 5.34. The summed E-state index contributed by atoms with van der Waals surface area (Å²) in [6.45, 7) is 8.07. The maximum atomic E-state index is 12.8. The Hall–Kier alpha value is -1.69. The van der Waals surface area contributed by atoms with Crippen LogP contribution in [0.5, 0.6) is 0 Å². The lowest BCUT2D eigenvalue weighted by Crippen LogP contribution is -2.25. The number of nitrogens with zero attached hydrogens (tertiary/aromatic N) is 1. The standard InChI is InChI=1S/C17H22N2O2S/c1-4-5-6-7-14(3)19-16(10-11-18-20)15-12-13(2)8-9-17(15)22(19)21/h4-9,12,16,18,20H,1,10-11H2,2-3H3/b6-5-,14-7+. The van der Waals surface area contributed by atoms with Crippen molar-refractivity contribution in [2.75, 3.05) is 6.54 Å². The zero-order chi connectivity index (χ0) is 16.1. The third-order valence-corrected chi connectivity index (χ3v) is 5.28. The van der Waals surface area contributed by atoms with Gasteiger partial charge in [-0.15, -0.1) is 0 Å². The first-order valence-corrected chi connectivity index (χ1v) is 8.35. The predicted octanol–water partition coefficient (Wildman–Crippen LogP) is 3.39. The molecule has 0 spiro atoms. The molecule has 1 aromatic carbocycles. The molecule has 0 bridgehead atoms. The van der Waals surface area contributed by atoms with E-state index in [4.69, 9.17) is 5.21 Å². The average Bonchev–Trinajstić information content (AvgIpc) is 2.77. The van der Waals surface area contributed by atoms with Gasteiger partial charge in [-0.25, -0.2) is 9.69 Å². The van der Waals surface area contributed by atoms with Crippen LogP contribution < -0.4 is 5.48 Å². The smallest absolute Gasteiger partial charge is 0.153 e. The van der Waals surface area contributed by atoms with Crippen molar-refractivity contribution < 1.29 is 9.42 Å². The zero-order valence-electron chi connectivity index (χ0n) is 13.0. The van der Waals surface area contributed by atoms with E-state index in [0.717, 1.165) is 21.7 Å². The van der Waals surface area contributed by atoms with Crippen molar-refractivity contribution in [3.05, 3.63) is 65.9 Å². The molecule has 0 saturated heterocycles. The van der Waals surface area contributed by atoms with Crippen molar-refractivity contribution in [3.63, 3.8) is 0 Å². The van der Waals surface area contributed by atoms with Crippen LogP contribution >= 0.6 is 0 Å². The molecule has 0 aromatic heterocycles. The summed E-state index contributed by atoms with van der Waals surface area (Å²) >= 11 is 0. The molecule has 118 valence electrons. The van der Waals surface area contributed by atoms with E-state index in [1.165, 1.54) is 0 Å². The predicted molar refractivity (Wildman–Crippen MR) is 89.7 cm³/mol. The monoisotopic (exact) mass is 318 g/mol. The number of hydroxylamine groups is 1. The Balaban J connectivity index is 2.40. The summed E-state index contributed by atoms with van der Waals surface area (Å²) in [6.07, 6.45) is 8.03. The van der Waals surface area contributed by atoms with Crippen LogP contribution in [-0.2, 0) is 11.0 Å². The number of hydrogen-bond acceptors (Lipinski definition) is 3. The van der Waals surface area contributed by atoms with E-state index < -0.39 is 11.0 Å². The summed E-state index contributed by atoms with van der Waals surface area (Å²) in [5, 5.41) is 8.91. The maximum absolute atomic E-state index is 12.8. The summed E-state index contributed by atoms with van der Waals surface area (Å²) in [6, 6.07) is 6.00. The van der Waals surface area contributed by atoms with Crippen LogP contribution in [0, 0.1) is 6.92 Å². The van der Waals surface area contributed by atoms with Crippen LogP contribution in [0.15, 0.2) is 59.7 Å². The molecule has 1 aliphatic heterocycles. The van der Waals surface area contributed by atoms with Crippen molar-refractivity contribution in [2.45, 2.75) is 31.2 Å². The molecule has 0 amide bonds. The lowest BCUT2D eigenvalue weighted by Gasteiger charge is -2.25. The fourth-order valence-electron chi connectivity index (χ4n) is 2.63. The summed E-state index contributed by atoms with van der Waals surface area (Å²) in [4.78, 5) is 0.856. The van der Waals surface area contributed by atoms with Gasteiger partial charge in [0.05, 0.1) is 10.9 Å². The van der Waals surface area contributed by atoms with Crippen molar-refractivity contribution in [3.8, 4) is 0 Å². The van der Waals surface area contributed by atoms with E-state index in [-0.39, 0.29) is 6.04 Å². The lowest BCUT2D eigenvalue weighted by atomic mass is 10.0. The third-order valence-electron chi connectivity index (χ3n) is 3.64. The molecular weight excluding hydrogens is 296 g/mol. The van der Waals surface area contributed by atoms with Gasteiger partial charge in [-0.3, -0.25) is 4.31 Å². The van der Waals surface area contributed by atoms with E-state index in [0.29, 0.717) is 13.0 Å². The Morgan fingerprint density at radius 2 is 2.27 bits per heavy atom. The third kappa shape index (κ3) is 3.38.